The minimum Gasteiger partial charge on any atom is -0.497 e. The van der Waals surface area contributed by atoms with E-state index in [2.05, 4.69) is 9.88 Å². The summed E-state index contributed by atoms with van der Waals surface area (Å²) in [6.07, 6.45) is 2.07. The van der Waals surface area contributed by atoms with Crippen molar-refractivity contribution in [2.45, 2.75) is 31.2 Å². The molecule has 1 N–H and O–H groups in total. The molecule has 2 amide bonds. The molecule has 0 spiro atoms. The van der Waals surface area contributed by atoms with Crippen molar-refractivity contribution in [3.8, 4) is 5.75 Å². The third kappa shape index (κ3) is 3.25. The lowest BCUT2D eigenvalue weighted by Gasteiger charge is -2.34. The Labute approximate surface area is 174 Å². The molecule has 2 saturated heterocycles. The average Bonchev–Trinajstić information content (AvgIpc) is 3.34. The summed E-state index contributed by atoms with van der Waals surface area (Å²) in [5, 5.41) is 0. The number of imidazole rings is 1. The number of carbonyl (C=O) groups is 2. The first-order valence-corrected chi connectivity index (χ1v) is 10.3. The summed E-state index contributed by atoms with van der Waals surface area (Å²) in [5.41, 5.74) is 2.65. The second-order valence-electron chi connectivity index (χ2n) is 7.93. The predicted molar refractivity (Wildman–Crippen MR) is 114 cm³/mol. The first-order chi connectivity index (χ1) is 14.6. The number of carbonyl (C=O) groups excluding carboxylic acids is 2. The van der Waals surface area contributed by atoms with E-state index in [1.54, 1.807) is 31.4 Å². The van der Waals surface area contributed by atoms with Crippen LogP contribution in [0, 0.1) is 0 Å². The van der Waals surface area contributed by atoms with Gasteiger partial charge in [0.2, 0.25) is 5.91 Å². The zero-order chi connectivity index (χ0) is 20.7. The summed E-state index contributed by atoms with van der Waals surface area (Å²) in [7, 11) is 1.59. The number of aromatic nitrogens is 2. The molecule has 0 radical (unpaired) electrons. The van der Waals surface area contributed by atoms with Crippen LogP contribution in [0.3, 0.4) is 0 Å². The monoisotopic (exact) mass is 404 g/mol. The van der Waals surface area contributed by atoms with E-state index in [0.717, 1.165) is 42.8 Å². The Hall–Kier alpha value is -3.19. The standard InChI is InChI=1S/C23H24N4O3/c1-30-17-8-6-16(7-9-17)27-21(28)14-20(23(27)29)26-12-10-15(11-13-26)22-24-18-4-2-3-5-19(18)25-22/h2-9,15,20H,10-14H2,1H3,(H,24,25)/t20-/m1/s1. The molecule has 154 valence electrons. The fourth-order valence-corrected chi connectivity index (χ4v) is 4.55. The van der Waals surface area contributed by atoms with E-state index in [-0.39, 0.29) is 24.3 Å². The molecule has 1 atom stereocenters. The molecule has 0 aliphatic carbocycles. The number of anilines is 1. The van der Waals surface area contributed by atoms with E-state index >= 15 is 0 Å². The van der Waals surface area contributed by atoms with Crippen molar-refractivity contribution in [1.29, 1.82) is 0 Å². The van der Waals surface area contributed by atoms with E-state index in [1.807, 2.05) is 24.3 Å². The van der Waals surface area contributed by atoms with Gasteiger partial charge in [-0.3, -0.25) is 14.5 Å². The van der Waals surface area contributed by atoms with Crippen LogP contribution in [0.25, 0.3) is 11.0 Å². The number of fused-ring (bicyclic) bond motifs is 1. The number of piperidine rings is 1. The van der Waals surface area contributed by atoms with Gasteiger partial charge in [0.1, 0.15) is 11.6 Å². The number of imide groups is 1. The van der Waals surface area contributed by atoms with Gasteiger partial charge in [-0.2, -0.15) is 0 Å². The molecule has 2 aliphatic heterocycles. The summed E-state index contributed by atoms with van der Waals surface area (Å²) < 4.78 is 5.16. The number of rotatable bonds is 4. The largest absolute Gasteiger partial charge is 0.497 e. The number of para-hydroxylation sites is 2. The van der Waals surface area contributed by atoms with Crippen molar-refractivity contribution < 1.29 is 14.3 Å². The number of nitrogens with zero attached hydrogens (tertiary/aromatic N) is 3. The molecule has 3 aromatic rings. The zero-order valence-electron chi connectivity index (χ0n) is 16.9. The van der Waals surface area contributed by atoms with Crippen molar-refractivity contribution in [2.24, 2.45) is 0 Å². The molecular formula is C23H24N4O3. The number of hydrogen-bond acceptors (Lipinski definition) is 5. The van der Waals surface area contributed by atoms with Crippen molar-refractivity contribution in [2.75, 3.05) is 25.1 Å². The Morgan fingerprint density at radius 1 is 1.03 bits per heavy atom. The minimum atomic E-state index is -0.378. The third-order valence-electron chi connectivity index (χ3n) is 6.22. The normalized spacial score (nSPS) is 21.0. The Kier molecular flexibility index (Phi) is 4.75. The van der Waals surface area contributed by atoms with Crippen LogP contribution in [0.5, 0.6) is 5.75 Å². The van der Waals surface area contributed by atoms with Crippen LogP contribution in [0.1, 0.15) is 31.0 Å². The van der Waals surface area contributed by atoms with Crippen molar-refractivity contribution >= 4 is 28.5 Å². The van der Waals surface area contributed by atoms with E-state index in [4.69, 9.17) is 9.72 Å². The molecule has 1 aromatic heterocycles. The van der Waals surface area contributed by atoms with E-state index in [1.165, 1.54) is 4.90 Å². The second-order valence-corrected chi connectivity index (χ2v) is 7.93. The van der Waals surface area contributed by atoms with E-state index in [0.29, 0.717) is 17.4 Å². The summed E-state index contributed by atoms with van der Waals surface area (Å²) in [6, 6.07) is 14.7. The van der Waals surface area contributed by atoms with Gasteiger partial charge in [-0.05, 0) is 62.3 Å². The minimum absolute atomic E-state index is 0.132. The zero-order valence-corrected chi connectivity index (χ0v) is 16.9. The SMILES string of the molecule is COc1ccc(N2C(=O)C[C@@H](N3CCC(c4nc5ccccc5[nH]4)CC3)C2=O)cc1. The molecule has 2 aromatic carbocycles. The van der Waals surface area contributed by atoms with Crippen LogP contribution in [0.15, 0.2) is 48.5 Å². The van der Waals surface area contributed by atoms with Crippen LogP contribution in [0.4, 0.5) is 5.69 Å². The lowest BCUT2D eigenvalue weighted by Crippen LogP contribution is -2.45. The quantitative estimate of drug-likeness (QED) is 0.676. The first kappa shape index (κ1) is 18.8. The molecule has 7 heteroatoms. The van der Waals surface area contributed by atoms with Crippen LogP contribution >= 0.6 is 0 Å². The summed E-state index contributed by atoms with van der Waals surface area (Å²) >= 11 is 0. The smallest absolute Gasteiger partial charge is 0.251 e. The predicted octanol–water partition coefficient (Wildman–Crippen LogP) is 3.08. The van der Waals surface area contributed by atoms with Gasteiger partial charge >= 0.3 is 0 Å². The highest BCUT2D eigenvalue weighted by Gasteiger charge is 2.43. The first-order valence-electron chi connectivity index (χ1n) is 10.3. The molecular weight excluding hydrogens is 380 g/mol. The van der Waals surface area contributed by atoms with Crippen LogP contribution < -0.4 is 9.64 Å². The lowest BCUT2D eigenvalue weighted by molar-refractivity contribution is -0.123. The molecule has 30 heavy (non-hydrogen) atoms. The van der Waals surface area contributed by atoms with Crippen molar-refractivity contribution in [1.82, 2.24) is 14.9 Å². The molecule has 2 aliphatic rings. The number of ether oxygens (including phenoxy) is 1. The Morgan fingerprint density at radius 3 is 2.47 bits per heavy atom. The lowest BCUT2D eigenvalue weighted by atomic mass is 9.95. The van der Waals surface area contributed by atoms with Gasteiger partial charge in [-0.25, -0.2) is 9.88 Å². The molecule has 3 heterocycles. The van der Waals surface area contributed by atoms with Gasteiger partial charge in [0.15, 0.2) is 0 Å². The van der Waals surface area contributed by atoms with Crippen LogP contribution in [-0.2, 0) is 9.59 Å². The molecule has 0 saturated carbocycles. The highest BCUT2D eigenvalue weighted by atomic mass is 16.5. The van der Waals surface area contributed by atoms with Gasteiger partial charge in [-0.1, -0.05) is 12.1 Å². The Morgan fingerprint density at radius 2 is 1.77 bits per heavy atom. The second kappa shape index (κ2) is 7.57. The summed E-state index contributed by atoms with van der Waals surface area (Å²) in [6.45, 7) is 1.56. The summed E-state index contributed by atoms with van der Waals surface area (Å²) in [4.78, 5) is 37.3. The fraction of sp³-hybridized carbons (Fsp3) is 0.348. The number of methoxy groups -OCH3 is 1. The molecule has 2 fully saturated rings. The Bertz CT molecular complexity index is 1050. The Balaban J connectivity index is 1.26. The molecule has 0 unspecified atom stereocenters. The van der Waals surface area contributed by atoms with Gasteiger partial charge in [0, 0.05) is 5.92 Å². The maximum absolute atomic E-state index is 13.1. The molecule has 5 rings (SSSR count). The number of likely N-dealkylation sites (tertiary alicyclic amines) is 1. The molecule has 0 bridgehead atoms. The van der Waals surface area contributed by atoms with Crippen molar-refractivity contribution in [3.05, 3.63) is 54.4 Å². The molecule has 7 nitrogen and oxygen atoms in total. The number of nitrogens with one attached hydrogen (secondary N) is 1. The maximum atomic E-state index is 13.1. The topological polar surface area (TPSA) is 78.5 Å². The van der Waals surface area contributed by atoms with E-state index < -0.39 is 0 Å². The number of amides is 2. The van der Waals surface area contributed by atoms with Crippen molar-refractivity contribution in [3.63, 3.8) is 0 Å². The number of H-pyrrole nitrogens is 1. The third-order valence-corrected chi connectivity index (χ3v) is 6.22. The number of aromatic amines is 1. The number of hydrogen-bond donors (Lipinski definition) is 1. The number of benzene rings is 2. The van der Waals surface area contributed by atoms with Crippen LogP contribution in [0.2, 0.25) is 0 Å². The van der Waals surface area contributed by atoms with Gasteiger partial charge in [-0.15, -0.1) is 0 Å². The highest BCUT2D eigenvalue weighted by molar-refractivity contribution is 6.22. The van der Waals surface area contributed by atoms with E-state index in [9.17, 15) is 9.59 Å². The van der Waals surface area contributed by atoms with Gasteiger partial charge in [0.05, 0.1) is 36.3 Å². The van der Waals surface area contributed by atoms with Gasteiger partial charge in [0.25, 0.3) is 5.91 Å². The average molecular weight is 404 g/mol. The van der Waals surface area contributed by atoms with Gasteiger partial charge < -0.3 is 9.72 Å². The summed E-state index contributed by atoms with van der Waals surface area (Å²) in [5.74, 6) is 1.78. The fourth-order valence-electron chi connectivity index (χ4n) is 4.55. The highest BCUT2D eigenvalue weighted by Crippen LogP contribution is 2.32. The maximum Gasteiger partial charge on any atom is 0.251 e. The van der Waals surface area contributed by atoms with Crippen LogP contribution in [-0.4, -0.2) is 52.9 Å².